The second-order valence-electron chi connectivity index (χ2n) is 8.36. The highest BCUT2D eigenvalue weighted by Crippen LogP contribution is 2.46. The first-order chi connectivity index (χ1) is 14.4. The van der Waals surface area contributed by atoms with Crippen molar-refractivity contribution in [3.05, 3.63) is 44.9 Å². The largest absolute Gasteiger partial charge is 0.468 e. The lowest BCUT2D eigenvalue weighted by Crippen LogP contribution is -2.43. The van der Waals surface area contributed by atoms with Crippen molar-refractivity contribution in [1.82, 2.24) is 5.32 Å². The van der Waals surface area contributed by atoms with Crippen molar-refractivity contribution in [2.24, 2.45) is 11.8 Å². The van der Waals surface area contributed by atoms with E-state index >= 15 is 0 Å². The molecule has 0 amide bonds. The molecule has 2 heterocycles. The Kier molecular flexibility index (Phi) is 5.82. The normalized spacial score (nSPS) is 27.0. The summed E-state index contributed by atoms with van der Waals surface area (Å²) in [4.78, 5) is 40.0. The number of nitrogens with one attached hydrogen (secondary N) is 1. The second kappa shape index (κ2) is 8.38. The Morgan fingerprint density at radius 3 is 2.60 bits per heavy atom. The number of allylic oxidation sites excluding steroid dienone is 3. The van der Waals surface area contributed by atoms with Crippen LogP contribution in [-0.4, -0.2) is 30.9 Å². The molecular weight excluding hydrogens is 402 g/mol. The molecule has 0 spiro atoms. The number of hydrogen-bond acceptors (Lipinski definition) is 7. The van der Waals surface area contributed by atoms with Gasteiger partial charge in [-0.1, -0.05) is 13.0 Å². The van der Waals surface area contributed by atoms with Gasteiger partial charge in [-0.2, -0.15) is 0 Å². The summed E-state index contributed by atoms with van der Waals surface area (Å²) in [6.45, 7) is 3.74. The molecular formula is C23H27NO5S. The van der Waals surface area contributed by atoms with E-state index in [1.54, 1.807) is 0 Å². The molecule has 1 fully saturated rings. The minimum Gasteiger partial charge on any atom is -0.468 e. The van der Waals surface area contributed by atoms with E-state index in [0.29, 0.717) is 23.3 Å². The number of ketones is 1. The number of rotatable bonds is 4. The Labute approximate surface area is 180 Å². The number of carbonyl (C=O) groups is 3. The van der Waals surface area contributed by atoms with E-state index in [4.69, 9.17) is 9.47 Å². The van der Waals surface area contributed by atoms with Crippen LogP contribution in [0.25, 0.3) is 0 Å². The summed E-state index contributed by atoms with van der Waals surface area (Å²) in [6.07, 6.45) is 4.37. The first-order valence-corrected chi connectivity index (χ1v) is 11.4. The molecule has 30 heavy (non-hydrogen) atoms. The lowest BCUT2D eigenvalue weighted by Gasteiger charge is -2.38. The molecule has 1 saturated carbocycles. The molecule has 0 radical (unpaired) electrons. The molecule has 3 aliphatic rings. The predicted molar refractivity (Wildman–Crippen MR) is 113 cm³/mol. The molecule has 3 atom stereocenters. The monoisotopic (exact) mass is 429 g/mol. The van der Waals surface area contributed by atoms with Crippen molar-refractivity contribution in [3.63, 3.8) is 0 Å². The van der Waals surface area contributed by atoms with Crippen LogP contribution in [0, 0.1) is 11.8 Å². The number of Topliss-reactive ketones (excluding diaryl/α,β-unsaturated/α-hetero) is 1. The first-order valence-electron chi connectivity index (χ1n) is 10.5. The smallest absolute Gasteiger partial charge is 0.337 e. The van der Waals surface area contributed by atoms with E-state index in [9.17, 15) is 14.4 Å². The summed E-state index contributed by atoms with van der Waals surface area (Å²) in [5.74, 6) is -2.73. The van der Waals surface area contributed by atoms with Gasteiger partial charge in [0.15, 0.2) is 5.78 Å². The molecule has 0 unspecified atom stereocenters. The molecule has 0 bridgehead atoms. The third kappa shape index (κ3) is 3.60. The van der Waals surface area contributed by atoms with E-state index in [0.717, 1.165) is 36.3 Å². The highest BCUT2D eigenvalue weighted by Gasteiger charge is 2.47. The zero-order chi connectivity index (χ0) is 21.4. The first kappa shape index (κ1) is 20.8. The molecule has 1 N–H and O–H groups in total. The van der Waals surface area contributed by atoms with Gasteiger partial charge in [-0.15, -0.1) is 11.3 Å². The molecule has 160 valence electrons. The maximum atomic E-state index is 13.5. The van der Waals surface area contributed by atoms with Gasteiger partial charge < -0.3 is 14.8 Å². The van der Waals surface area contributed by atoms with Gasteiger partial charge in [0, 0.05) is 21.8 Å². The van der Waals surface area contributed by atoms with E-state index in [-0.39, 0.29) is 23.8 Å². The van der Waals surface area contributed by atoms with Crippen LogP contribution in [0.1, 0.15) is 56.7 Å². The standard InChI is InChI=1S/C23H27NO5S/c1-12-11-15-19(21(25)17(12)22(26)28-3)20(16-9-6-10-30-16)18(13(2)24-15)23(27)29-14-7-4-5-8-14/h6,9-10,12,14,17,20,24H,4-5,7-8,11H2,1-3H3/t12-,17+,20+/m1/s1. The molecule has 4 rings (SSSR count). The summed E-state index contributed by atoms with van der Waals surface area (Å²) >= 11 is 1.50. The van der Waals surface area contributed by atoms with Crippen molar-refractivity contribution in [2.75, 3.05) is 7.11 Å². The Morgan fingerprint density at radius 1 is 1.23 bits per heavy atom. The maximum Gasteiger partial charge on any atom is 0.337 e. The van der Waals surface area contributed by atoms with Crippen LogP contribution in [0.4, 0.5) is 0 Å². The third-order valence-electron chi connectivity index (χ3n) is 6.37. The lowest BCUT2D eigenvalue weighted by molar-refractivity contribution is -0.151. The Balaban J connectivity index is 1.76. The van der Waals surface area contributed by atoms with Gasteiger partial charge in [0.2, 0.25) is 0 Å². The Bertz CT molecular complexity index is 923. The van der Waals surface area contributed by atoms with Gasteiger partial charge in [-0.25, -0.2) is 4.79 Å². The Morgan fingerprint density at radius 2 is 1.97 bits per heavy atom. The fourth-order valence-electron chi connectivity index (χ4n) is 4.91. The second-order valence-corrected chi connectivity index (χ2v) is 9.34. The SMILES string of the molecule is COC(=O)[C@@H]1C(=O)C2=C(C[C@H]1C)NC(C)=C(C(=O)OC1CCCC1)[C@@H]2c1cccs1. The molecule has 7 heteroatoms. The minimum atomic E-state index is -0.858. The average Bonchev–Trinajstić information content (AvgIpc) is 3.40. The van der Waals surface area contributed by atoms with Crippen molar-refractivity contribution < 1.29 is 23.9 Å². The number of esters is 2. The van der Waals surface area contributed by atoms with Gasteiger partial charge in [0.25, 0.3) is 0 Å². The highest BCUT2D eigenvalue weighted by atomic mass is 32.1. The number of carbonyl (C=O) groups excluding carboxylic acids is 3. The van der Waals surface area contributed by atoms with Crippen molar-refractivity contribution in [1.29, 1.82) is 0 Å². The summed E-state index contributed by atoms with van der Waals surface area (Å²) in [6, 6.07) is 3.84. The summed E-state index contributed by atoms with van der Waals surface area (Å²) in [7, 11) is 1.30. The summed E-state index contributed by atoms with van der Waals surface area (Å²) in [5, 5.41) is 5.23. The molecule has 1 aliphatic heterocycles. The van der Waals surface area contributed by atoms with Gasteiger partial charge in [0.05, 0.1) is 18.6 Å². The van der Waals surface area contributed by atoms with Gasteiger partial charge in [-0.3, -0.25) is 9.59 Å². The number of dihydropyridines is 1. The van der Waals surface area contributed by atoms with Crippen LogP contribution in [0.15, 0.2) is 40.1 Å². The lowest BCUT2D eigenvalue weighted by atomic mass is 9.70. The highest BCUT2D eigenvalue weighted by molar-refractivity contribution is 7.10. The van der Waals surface area contributed by atoms with Crippen molar-refractivity contribution >= 4 is 29.1 Å². The zero-order valence-electron chi connectivity index (χ0n) is 17.5. The van der Waals surface area contributed by atoms with Crippen molar-refractivity contribution in [3.8, 4) is 0 Å². The quantitative estimate of drug-likeness (QED) is 0.578. The van der Waals surface area contributed by atoms with E-state index in [2.05, 4.69) is 5.32 Å². The third-order valence-corrected chi connectivity index (χ3v) is 7.30. The fourth-order valence-corrected chi connectivity index (χ4v) is 5.76. The molecule has 2 aliphatic carbocycles. The van der Waals surface area contributed by atoms with Crippen LogP contribution in [0.3, 0.4) is 0 Å². The molecule has 0 saturated heterocycles. The van der Waals surface area contributed by atoms with Crippen LogP contribution < -0.4 is 5.32 Å². The van der Waals surface area contributed by atoms with Gasteiger partial charge in [0.1, 0.15) is 12.0 Å². The van der Waals surface area contributed by atoms with E-state index in [1.165, 1.54) is 18.4 Å². The minimum absolute atomic E-state index is 0.0675. The van der Waals surface area contributed by atoms with Crippen LogP contribution >= 0.6 is 11.3 Å². The van der Waals surface area contributed by atoms with Crippen LogP contribution in [0.5, 0.6) is 0 Å². The molecule has 1 aromatic rings. The number of hydrogen-bond donors (Lipinski definition) is 1. The summed E-state index contributed by atoms with van der Waals surface area (Å²) in [5.41, 5.74) is 2.47. The summed E-state index contributed by atoms with van der Waals surface area (Å²) < 4.78 is 10.7. The number of thiophene rings is 1. The molecule has 6 nitrogen and oxygen atoms in total. The molecule has 1 aromatic heterocycles. The van der Waals surface area contributed by atoms with Crippen molar-refractivity contribution in [2.45, 2.75) is 58.0 Å². The zero-order valence-corrected chi connectivity index (χ0v) is 18.3. The predicted octanol–water partition coefficient (Wildman–Crippen LogP) is 3.85. The van der Waals surface area contributed by atoms with Gasteiger partial charge in [-0.05, 0) is 56.4 Å². The maximum absolute atomic E-state index is 13.5. The number of ether oxygens (including phenoxy) is 2. The Hall–Kier alpha value is -2.41. The molecule has 0 aromatic carbocycles. The fraction of sp³-hybridized carbons (Fsp3) is 0.522. The number of methoxy groups -OCH3 is 1. The average molecular weight is 430 g/mol. The van der Waals surface area contributed by atoms with Gasteiger partial charge >= 0.3 is 11.9 Å². The van der Waals surface area contributed by atoms with E-state index < -0.39 is 17.8 Å². The van der Waals surface area contributed by atoms with E-state index in [1.807, 2.05) is 31.4 Å². The van der Waals surface area contributed by atoms with Crippen LogP contribution in [-0.2, 0) is 23.9 Å². The van der Waals surface area contributed by atoms with Crippen LogP contribution in [0.2, 0.25) is 0 Å². The topological polar surface area (TPSA) is 81.7 Å².